The molecule has 0 aromatic rings. The second-order valence-corrected chi connectivity index (χ2v) is 7.58. The van der Waals surface area contributed by atoms with E-state index in [1.807, 2.05) is 0 Å². The Kier molecular flexibility index (Phi) is 7.72. The SMILES string of the molecule is CCO[PH](=O)C(C=C(C)C)(C(=O)O)[PH](=O)OCC. The minimum Gasteiger partial charge on any atom is -0.480 e. The van der Waals surface area contributed by atoms with E-state index in [2.05, 4.69) is 0 Å². The maximum atomic E-state index is 12.0. The fraction of sp³-hybridized carbons (Fsp3) is 0.700. The Hall–Kier alpha value is -0.410. The summed E-state index contributed by atoms with van der Waals surface area (Å²) in [7, 11) is -6.14. The maximum absolute atomic E-state index is 12.0. The van der Waals surface area contributed by atoms with E-state index in [4.69, 9.17) is 9.05 Å². The lowest BCUT2D eigenvalue weighted by molar-refractivity contribution is -0.136. The lowest BCUT2D eigenvalue weighted by Gasteiger charge is -2.24. The van der Waals surface area contributed by atoms with Crippen LogP contribution in [0, 0.1) is 0 Å². The highest BCUT2D eigenvalue weighted by Crippen LogP contribution is 2.58. The van der Waals surface area contributed by atoms with Crippen molar-refractivity contribution in [3.63, 3.8) is 0 Å². The molecule has 0 aliphatic heterocycles. The zero-order valence-electron chi connectivity index (χ0n) is 11.0. The molecule has 1 N–H and O–H groups in total. The van der Waals surface area contributed by atoms with Crippen molar-refractivity contribution in [3.8, 4) is 0 Å². The number of carboxylic acid groups (broad SMARTS) is 1. The van der Waals surface area contributed by atoms with Crippen LogP contribution in [0.4, 0.5) is 0 Å². The normalized spacial score (nSPS) is 17.6. The lowest BCUT2D eigenvalue weighted by atomic mass is 10.2. The predicted molar refractivity (Wildman–Crippen MR) is 71.1 cm³/mol. The second kappa shape index (κ2) is 7.90. The molecule has 0 radical (unpaired) electrons. The zero-order chi connectivity index (χ0) is 14.3. The molecule has 8 heteroatoms. The highest BCUT2D eigenvalue weighted by molar-refractivity contribution is 7.63. The number of carbonyl (C=O) groups is 1. The minimum atomic E-state index is -3.07. The topological polar surface area (TPSA) is 89.9 Å². The third kappa shape index (κ3) is 4.06. The molecule has 0 saturated carbocycles. The fourth-order valence-electron chi connectivity index (χ4n) is 1.36. The molecule has 6 nitrogen and oxygen atoms in total. The zero-order valence-corrected chi connectivity index (χ0v) is 13.0. The molecule has 0 aromatic heterocycles. The first-order valence-corrected chi connectivity index (χ1v) is 8.20. The second-order valence-electron chi connectivity index (χ2n) is 3.78. The average Bonchev–Trinajstić information content (AvgIpc) is 2.25. The first kappa shape index (κ1) is 17.6. The maximum Gasteiger partial charge on any atom is 0.332 e. The molecule has 0 aliphatic carbocycles. The van der Waals surface area contributed by atoms with E-state index < -0.39 is 26.9 Å². The largest absolute Gasteiger partial charge is 0.480 e. The molecule has 0 bridgehead atoms. The van der Waals surface area contributed by atoms with Crippen LogP contribution in [-0.4, -0.2) is 29.2 Å². The standard InChI is InChI=1S/C10H20O6P2/c1-5-15-17(13)10(9(11)12,7-8(3)4)18(14)16-6-2/h7,17-18H,5-6H2,1-4H3,(H,11,12). The molecule has 0 heterocycles. The molecule has 2 atom stereocenters. The highest BCUT2D eigenvalue weighted by atomic mass is 31.2. The van der Waals surface area contributed by atoms with Crippen LogP contribution in [0.25, 0.3) is 0 Å². The summed E-state index contributed by atoms with van der Waals surface area (Å²) in [6, 6.07) is 0. The molecule has 0 saturated heterocycles. The first-order valence-electron chi connectivity index (χ1n) is 5.56. The van der Waals surface area contributed by atoms with Gasteiger partial charge in [-0.25, -0.2) is 0 Å². The van der Waals surface area contributed by atoms with Gasteiger partial charge in [0.1, 0.15) is 0 Å². The summed E-state index contributed by atoms with van der Waals surface area (Å²) >= 11 is 0. The van der Waals surface area contributed by atoms with Crippen LogP contribution in [0.5, 0.6) is 0 Å². The van der Waals surface area contributed by atoms with E-state index in [9.17, 15) is 19.0 Å². The van der Waals surface area contributed by atoms with Crippen molar-refractivity contribution in [2.45, 2.75) is 32.6 Å². The average molecular weight is 298 g/mol. The van der Waals surface area contributed by atoms with Gasteiger partial charge in [-0.2, -0.15) is 0 Å². The van der Waals surface area contributed by atoms with Crippen LogP contribution in [0.15, 0.2) is 11.6 Å². The van der Waals surface area contributed by atoms with Gasteiger partial charge in [-0.1, -0.05) is 5.57 Å². The molecule has 0 rings (SSSR count). The summed E-state index contributed by atoms with van der Waals surface area (Å²) < 4.78 is 33.9. The van der Waals surface area contributed by atoms with E-state index in [-0.39, 0.29) is 13.2 Å². The van der Waals surface area contributed by atoms with Crippen LogP contribution in [0.3, 0.4) is 0 Å². The number of hydrogen-bond acceptors (Lipinski definition) is 5. The number of aliphatic carboxylic acids is 1. The monoisotopic (exact) mass is 298 g/mol. The number of carboxylic acids is 1. The van der Waals surface area contributed by atoms with Crippen molar-refractivity contribution in [2.75, 3.05) is 13.2 Å². The minimum absolute atomic E-state index is 0.0880. The van der Waals surface area contributed by atoms with Gasteiger partial charge < -0.3 is 14.2 Å². The van der Waals surface area contributed by atoms with Gasteiger partial charge in [-0.15, -0.1) is 0 Å². The molecule has 0 spiro atoms. The Labute approximate surface area is 108 Å². The number of allylic oxidation sites excluding steroid dienone is 1. The predicted octanol–water partition coefficient (Wildman–Crippen LogP) is 2.76. The van der Waals surface area contributed by atoms with E-state index >= 15 is 0 Å². The molecule has 0 fully saturated rings. The molecule has 2 unspecified atom stereocenters. The number of hydrogen-bond donors (Lipinski definition) is 1. The van der Waals surface area contributed by atoms with Crippen LogP contribution >= 0.6 is 16.1 Å². The van der Waals surface area contributed by atoms with Crippen LogP contribution in [0.1, 0.15) is 27.7 Å². The molecule has 0 aliphatic rings. The summed E-state index contributed by atoms with van der Waals surface area (Å²) in [5.74, 6) is -1.45. The van der Waals surface area contributed by atoms with Crippen LogP contribution in [-0.2, 0) is 23.0 Å². The van der Waals surface area contributed by atoms with Crippen LogP contribution in [0.2, 0.25) is 0 Å². The van der Waals surface area contributed by atoms with Gasteiger partial charge in [-0.3, -0.25) is 13.9 Å². The molecule has 106 valence electrons. The van der Waals surface area contributed by atoms with Crippen molar-refractivity contribution in [2.24, 2.45) is 0 Å². The summed E-state index contributed by atoms with van der Waals surface area (Å²) in [5.41, 5.74) is 0.591. The number of rotatable bonds is 8. The third-order valence-electron chi connectivity index (χ3n) is 2.04. The van der Waals surface area contributed by atoms with E-state index in [0.717, 1.165) is 0 Å². The quantitative estimate of drug-likeness (QED) is 0.547. The molecular formula is C10H20O6P2. The van der Waals surface area contributed by atoms with Gasteiger partial charge in [0.2, 0.25) is 21.0 Å². The molecule has 18 heavy (non-hydrogen) atoms. The lowest BCUT2D eigenvalue weighted by Crippen LogP contribution is -2.30. The first-order chi connectivity index (χ1) is 8.32. The Balaban J connectivity index is 5.73. The Morgan fingerprint density at radius 3 is 1.78 bits per heavy atom. The Morgan fingerprint density at radius 2 is 1.56 bits per heavy atom. The summed E-state index contributed by atoms with van der Waals surface area (Å²) in [6.45, 7) is 6.64. The van der Waals surface area contributed by atoms with Crippen molar-refractivity contribution in [1.82, 2.24) is 0 Å². The highest BCUT2D eigenvalue weighted by Gasteiger charge is 2.50. The van der Waals surface area contributed by atoms with Crippen LogP contribution < -0.4 is 0 Å². The Bertz CT molecular complexity index is 355. The fourth-order valence-corrected chi connectivity index (χ4v) is 4.60. The van der Waals surface area contributed by atoms with Crippen molar-refractivity contribution in [1.29, 1.82) is 0 Å². The smallest absolute Gasteiger partial charge is 0.332 e. The van der Waals surface area contributed by atoms with Gasteiger partial charge in [0.05, 0.1) is 13.2 Å². The summed E-state index contributed by atoms with van der Waals surface area (Å²) in [6.07, 6.45) is 1.21. The van der Waals surface area contributed by atoms with Crippen molar-refractivity contribution in [3.05, 3.63) is 11.6 Å². The summed E-state index contributed by atoms with van der Waals surface area (Å²) in [4.78, 5) is 9.38. The van der Waals surface area contributed by atoms with E-state index in [1.54, 1.807) is 27.7 Å². The molecular weight excluding hydrogens is 278 g/mol. The van der Waals surface area contributed by atoms with Gasteiger partial charge in [0.15, 0.2) is 0 Å². The van der Waals surface area contributed by atoms with Gasteiger partial charge in [-0.05, 0) is 33.8 Å². The summed E-state index contributed by atoms with van der Waals surface area (Å²) in [5, 5.41) is 9.31. The van der Waals surface area contributed by atoms with E-state index in [1.165, 1.54) is 6.08 Å². The van der Waals surface area contributed by atoms with Gasteiger partial charge >= 0.3 is 5.97 Å². The third-order valence-corrected chi connectivity index (χ3v) is 6.37. The van der Waals surface area contributed by atoms with Gasteiger partial charge in [0, 0.05) is 0 Å². The van der Waals surface area contributed by atoms with Crippen molar-refractivity contribution < 1.29 is 28.1 Å². The van der Waals surface area contributed by atoms with Crippen molar-refractivity contribution >= 4 is 22.0 Å². The molecule has 0 amide bonds. The Morgan fingerprint density at radius 1 is 1.17 bits per heavy atom. The van der Waals surface area contributed by atoms with E-state index in [0.29, 0.717) is 5.57 Å². The molecule has 0 aromatic carbocycles. The van der Waals surface area contributed by atoms with Gasteiger partial charge in [0.25, 0.3) is 0 Å².